The average Bonchev–Trinajstić information content (AvgIpc) is 2.41. The van der Waals surface area contributed by atoms with Crippen LogP contribution in [0.25, 0.3) is 0 Å². The standard InChI is InChI=1S/C15H20ClNO3S/c1-12-6-8-17(9-7-12)15(18)11-21(19,20)10-13-2-4-14(16)5-3-13/h2-5,12H,6-11H2,1H3. The molecule has 0 saturated carbocycles. The van der Waals surface area contributed by atoms with Crippen molar-refractivity contribution in [3.05, 3.63) is 34.9 Å². The van der Waals surface area contributed by atoms with E-state index in [9.17, 15) is 13.2 Å². The first-order valence-electron chi connectivity index (χ1n) is 7.08. The van der Waals surface area contributed by atoms with Gasteiger partial charge in [0.1, 0.15) is 5.75 Å². The zero-order valence-electron chi connectivity index (χ0n) is 12.1. The highest BCUT2D eigenvalue weighted by molar-refractivity contribution is 7.91. The molecule has 1 heterocycles. The minimum Gasteiger partial charge on any atom is -0.342 e. The van der Waals surface area contributed by atoms with Gasteiger partial charge in [-0.2, -0.15) is 0 Å². The molecule has 0 N–H and O–H groups in total. The molecule has 0 aliphatic carbocycles. The lowest BCUT2D eigenvalue weighted by molar-refractivity contribution is -0.129. The first-order chi connectivity index (χ1) is 9.85. The number of benzene rings is 1. The minimum absolute atomic E-state index is 0.125. The van der Waals surface area contributed by atoms with Crippen molar-refractivity contribution in [2.45, 2.75) is 25.5 Å². The predicted octanol–water partition coefficient (Wildman–Crippen LogP) is 2.51. The maximum atomic E-state index is 12.1. The third-order valence-electron chi connectivity index (χ3n) is 3.78. The van der Waals surface area contributed by atoms with Crippen molar-refractivity contribution < 1.29 is 13.2 Å². The van der Waals surface area contributed by atoms with E-state index in [1.54, 1.807) is 29.2 Å². The van der Waals surface area contributed by atoms with Crippen LogP contribution in [0, 0.1) is 5.92 Å². The zero-order valence-corrected chi connectivity index (χ0v) is 13.7. The van der Waals surface area contributed by atoms with Crippen molar-refractivity contribution in [1.29, 1.82) is 0 Å². The van der Waals surface area contributed by atoms with Crippen LogP contribution in [0.1, 0.15) is 25.3 Å². The monoisotopic (exact) mass is 329 g/mol. The number of piperidine rings is 1. The summed E-state index contributed by atoms with van der Waals surface area (Å²) in [5.74, 6) is -0.208. The molecule has 0 atom stereocenters. The molecule has 116 valence electrons. The molecule has 1 aliphatic rings. The van der Waals surface area contributed by atoms with Gasteiger partial charge in [0.15, 0.2) is 9.84 Å². The number of rotatable bonds is 4. The molecule has 0 spiro atoms. The van der Waals surface area contributed by atoms with Gasteiger partial charge in [-0.1, -0.05) is 30.7 Å². The number of sulfone groups is 1. The van der Waals surface area contributed by atoms with Crippen molar-refractivity contribution in [2.24, 2.45) is 5.92 Å². The summed E-state index contributed by atoms with van der Waals surface area (Å²) < 4.78 is 24.2. The smallest absolute Gasteiger partial charge is 0.237 e. The Hall–Kier alpha value is -1.07. The summed E-state index contributed by atoms with van der Waals surface area (Å²) in [7, 11) is -3.44. The fourth-order valence-corrected chi connectivity index (χ4v) is 3.91. The van der Waals surface area contributed by atoms with Gasteiger partial charge >= 0.3 is 0 Å². The fraction of sp³-hybridized carbons (Fsp3) is 0.533. The van der Waals surface area contributed by atoms with Gasteiger partial charge in [-0.15, -0.1) is 0 Å². The molecule has 21 heavy (non-hydrogen) atoms. The van der Waals surface area contributed by atoms with E-state index in [2.05, 4.69) is 6.92 Å². The van der Waals surface area contributed by atoms with Gasteiger partial charge in [0, 0.05) is 18.1 Å². The van der Waals surface area contributed by atoms with E-state index < -0.39 is 15.6 Å². The van der Waals surface area contributed by atoms with Crippen LogP contribution in [-0.4, -0.2) is 38.1 Å². The van der Waals surface area contributed by atoms with Crippen LogP contribution in [-0.2, 0) is 20.4 Å². The first kappa shape index (κ1) is 16.3. The first-order valence-corrected chi connectivity index (χ1v) is 9.28. The van der Waals surface area contributed by atoms with Crippen LogP contribution in [0.4, 0.5) is 0 Å². The number of halogens is 1. The Morgan fingerprint density at radius 3 is 2.38 bits per heavy atom. The lowest BCUT2D eigenvalue weighted by Crippen LogP contribution is -2.41. The highest BCUT2D eigenvalue weighted by Crippen LogP contribution is 2.17. The summed E-state index contributed by atoms with van der Waals surface area (Å²) in [5, 5.41) is 0.565. The number of nitrogens with zero attached hydrogens (tertiary/aromatic N) is 1. The number of amides is 1. The number of hydrogen-bond donors (Lipinski definition) is 0. The van der Waals surface area contributed by atoms with Crippen LogP contribution in [0.3, 0.4) is 0 Å². The molecule has 1 aromatic rings. The van der Waals surface area contributed by atoms with Gasteiger partial charge in [0.25, 0.3) is 0 Å². The highest BCUT2D eigenvalue weighted by atomic mass is 35.5. The number of hydrogen-bond acceptors (Lipinski definition) is 3. The Morgan fingerprint density at radius 2 is 1.81 bits per heavy atom. The number of carbonyl (C=O) groups is 1. The second kappa shape index (κ2) is 6.79. The Balaban J connectivity index is 1.94. The summed E-state index contributed by atoms with van der Waals surface area (Å²) in [4.78, 5) is 13.8. The number of likely N-dealkylation sites (tertiary alicyclic amines) is 1. The van der Waals surface area contributed by atoms with Crippen molar-refractivity contribution in [2.75, 3.05) is 18.8 Å². The van der Waals surface area contributed by atoms with Crippen LogP contribution in [0.5, 0.6) is 0 Å². The van der Waals surface area contributed by atoms with E-state index in [-0.39, 0.29) is 11.7 Å². The molecule has 1 aliphatic heterocycles. The van der Waals surface area contributed by atoms with Gasteiger partial charge in [0.05, 0.1) is 5.75 Å². The van der Waals surface area contributed by atoms with Gasteiger partial charge in [0.2, 0.25) is 5.91 Å². The maximum Gasteiger partial charge on any atom is 0.237 e. The molecule has 2 rings (SSSR count). The molecular weight excluding hydrogens is 310 g/mol. The van der Waals surface area contributed by atoms with E-state index in [0.29, 0.717) is 29.6 Å². The Bertz CT molecular complexity index is 590. The van der Waals surface area contributed by atoms with E-state index >= 15 is 0 Å². The molecular formula is C15H20ClNO3S. The van der Waals surface area contributed by atoms with Crippen molar-refractivity contribution in [3.8, 4) is 0 Å². The molecule has 0 unspecified atom stereocenters. The SMILES string of the molecule is CC1CCN(C(=O)CS(=O)(=O)Cc2ccc(Cl)cc2)CC1. The molecule has 1 saturated heterocycles. The molecule has 1 fully saturated rings. The summed E-state index contributed by atoms with van der Waals surface area (Å²) in [6.45, 7) is 3.48. The fourth-order valence-electron chi connectivity index (χ4n) is 2.42. The van der Waals surface area contributed by atoms with Crippen LogP contribution >= 0.6 is 11.6 Å². The molecule has 0 bridgehead atoms. The number of carbonyl (C=O) groups excluding carboxylic acids is 1. The Morgan fingerprint density at radius 1 is 1.24 bits per heavy atom. The summed E-state index contributed by atoms with van der Waals surface area (Å²) >= 11 is 5.77. The normalized spacial score (nSPS) is 17.0. The van der Waals surface area contributed by atoms with E-state index in [0.717, 1.165) is 12.8 Å². The molecule has 0 aromatic heterocycles. The molecule has 4 nitrogen and oxygen atoms in total. The Labute approximate surface area is 131 Å². The van der Waals surface area contributed by atoms with Crippen molar-refractivity contribution in [3.63, 3.8) is 0 Å². The third-order valence-corrected chi connectivity index (χ3v) is 5.49. The molecule has 1 aromatic carbocycles. The van der Waals surface area contributed by atoms with Crippen molar-refractivity contribution in [1.82, 2.24) is 4.90 Å². The average molecular weight is 330 g/mol. The zero-order chi connectivity index (χ0) is 15.5. The highest BCUT2D eigenvalue weighted by Gasteiger charge is 2.25. The van der Waals surface area contributed by atoms with Crippen molar-refractivity contribution >= 4 is 27.3 Å². The van der Waals surface area contributed by atoms with Gasteiger partial charge < -0.3 is 4.90 Å². The molecule has 1 amide bonds. The minimum atomic E-state index is -3.44. The molecule has 0 radical (unpaired) electrons. The van der Waals surface area contributed by atoms with E-state index in [1.807, 2.05) is 0 Å². The second-order valence-corrected chi connectivity index (χ2v) is 8.22. The van der Waals surface area contributed by atoms with Crippen LogP contribution < -0.4 is 0 Å². The topological polar surface area (TPSA) is 54.5 Å². The summed E-state index contributed by atoms with van der Waals surface area (Å²) in [5.41, 5.74) is 0.652. The van der Waals surface area contributed by atoms with Crippen LogP contribution in [0.15, 0.2) is 24.3 Å². The maximum absolute atomic E-state index is 12.1. The van der Waals surface area contributed by atoms with E-state index in [1.165, 1.54) is 0 Å². The largest absolute Gasteiger partial charge is 0.342 e. The molecule has 6 heteroatoms. The second-order valence-electron chi connectivity index (χ2n) is 5.72. The summed E-state index contributed by atoms with van der Waals surface area (Å²) in [6, 6.07) is 6.65. The van der Waals surface area contributed by atoms with Crippen LogP contribution in [0.2, 0.25) is 5.02 Å². The Kier molecular flexibility index (Phi) is 5.27. The van der Waals surface area contributed by atoms with Gasteiger partial charge in [-0.25, -0.2) is 8.42 Å². The lowest BCUT2D eigenvalue weighted by atomic mass is 9.99. The van der Waals surface area contributed by atoms with Gasteiger partial charge in [-0.3, -0.25) is 4.79 Å². The quantitative estimate of drug-likeness (QED) is 0.853. The lowest BCUT2D eigenvalue weighted by Gasteiger charge is -2.30. The predicted molar refractivity (Wildman–Crippen MR) is 83.9 cm³/mol. The van der Waals surface area contributed by atoms with Gasteiger partial charge in [-0.05, 0) is 36.5 Å². The van der Waals surface area contributed by atoms with E-state index in [4.69, 9.17) is 11.6 Å². The third kappa shape index (κ3) is 5.00. The summed E-state index contributed by atoms with van der Waals surface area (Å²) in [6.07, 6.45) is 1.89.